The summed E-state index contributed by atoms with van der Waals surface area (Å²) in [5.74, 6) is -0.759. The molecule has 26 heavy (non-hydrogen) atoms. The molecule has 7 heteroatoms. The molecular formula is C19H26N4O3. The summed E-state index contributed by atoms with van der Waals surface area (Å²) in [6, 6.07) is 10.4. The van der Waals surface area contributed by atoms with Gasteiger partial charge in [0.2, 0.25) is 17.7 Å². The van der Waals surface area contributed by atoms with Crippen LogP contribution in [-0.2, 0) is 14.4 Å². The summed E-state index contributed by atoms with van der Waals surface area (Å²) in [6.07, 6.45) is 1.31. The predicted octanol–water partition coefficient (Wildman–Crippen LogP) is 0.464. The maximum Gasteiger partial charge on any atom is 0.240 e. The molecule has 2 fully saturated rings. The molecule has 0 saturated carbocycles. The van der Waals surface area contributed by atoms with E-state index in [1.54, 1.807) is 0 Å². The Labute approximate surface area is 153 Å². The molecule has 2 aliphatic heterocycles. The number of piperazine rings is 1. The first-order valence-electron chi connectivity index (χ1n) is 9.26. The van der Waals surface area contributed by atoms with Crippen molar-refractivity contribution >= 4 is 23.4 Å². The largest absolute Gasteiger partial charge is 0.369 e. The van der Waals surface area contributed by atoms with Crippen molar-refractivity contribution in [1.29, 1.82) is 0 Å². The topological polar surface area (TPSA) is 73.0 Å². The van der Waals surface area contributed by atoms with Gasteiger partial charge in [0.15, 0.2) is 0 Å². The molecule has 0 aromatic heterocycles. The van der Waals surface area contributed by atoms with Crippen LogP contribution >= 0.6 is 0 Å². The average molecular weight is 358 g/mol. The van der Waals surface area contributed by atoms with E-state index >= 15 is 0 Å². The van der Waals surface area contributed by atoms with Gasteiger partial charge >= 0.3 is 0 Å². The fraction of sp³-hybridized carbons (Fsp3) is 0.526. The molecule has 0 unspecified atom stereocenters. The normalized spacial score (nSPS) is 18.5. The number of anilines is 1. The van der Waals surface area contributed by atoms with Crippen LogP contribution in [0, 0.1) is 0 Å². The van der Waals surface area contributed by atoms with E-state index in [1.807, 2.05) is 6.07 Å². The lowest BCUT2D eigenvalue weighted by atomic mass is 10.2. The zero-order valence-electron chi connectivity index (χ0n) is 15.0. The minimum absolute atomic E-state index is 0.145. The van der Waals surface area contributed by atoms with Gasteiger partial charge in [-0.3, -0.25) is 24.2 Å². The van der Waals surface area contributed by atoms with E-state index in [9.17, 15) is 14.4 Å². The Kier molecular flexibility index (Phi) is 6.22. The Bertz CT molecular complexity index is 625. The summed E-state index contributed by atoms with van der Waals surface area (Å²) < 4.78 is 0. The van der Waals surface area contributed by atoms with Gasteiger partial charge in [0.25, 0.3) is 0 Å². The highest BCUT2D eigenvalue weighted by molar-refractivity contribution is 6.04. The molecule has 0 bridgehead atoms. The Morgan fingerprint density at radius 1 is 0.962 bits per heavy atom. The molecule has 0 spiro atoms. The minimum Gasteiger partial charge on any atom is -0.369 e. The molecule has 3 amide bonds. The van der Waals surface area contributed by atoms with E-state index in [0.717, 1.165) is 44.0 Å². The number of nitrogens with one attached hydrogen (secondary N) is 1. The molecular weight excluding hydrogens is 332 g/mol. The molecule has 3 rings (SSSR count). The first-order valence-corrected chi connectivity index (χ1v) is 9.26. The quantitative estimate of drug-likeness (QED) is 0.566. The van der Waals surface area contributed by atoms with E-state index in [-0.39, 0.29) is 37.1 Å². The van der Waals surface area contributed by atoms with Gasteiger partial charge < -0.3 is 10.2 Å². The third kappa shape index (κ3) is 4.82. The second-order valence-electron chi connectivity index (χ2n) is 6.74. The first kappa shape index (κ1) is 18.4. The standard InChI is InChI=1S/C19H26N4O3/c24-17(15-23-18(25)7-8-19(23)26)20-9-4-10-21-11-13-22(14-12-21)16-5-2-1-3-6-16/h1-3,5-6H,4,7-15H2,(H,20,24). The Morgan fingerprint density at radius 3 is 2.27 bits per heavy atom. The van der Waals surface area contributed by atoms with Gasteiger partial charge in [0.1, 0.15) is 6.54 Å². The molecule has 0 aliphatic carbocycles. The first-order chi connectivity index (χ1) is 12.6. The number of imide groups is 1. The van der Waals surface area contributed by atoms with Gasteiger partial charge in [-0.25, -0.2) is 0 Å². The van der Waals surface area contributed by atoms with Gasteiger partial charge in [-0.15, -0.1) is 0 Å². The van der Waals surface area contributed by atoms with Crippen LogP contribution in [-0.4, -0.2) is 73.3 Å². The van der Waals surface area contributed by atoms with Crippen LogP contribution in [0.1, 0.15) is 19.3 Å². The van der Waals surface area contributed by atoms with Crippen molar-refractivity contribution in [3.05, 3.63) is 30.3 Å². The zero-order valence-corrected chi connectivity index (χ0v) is 15.0. The van der Waals surface area contributed by atoms with E-state index in [4.69, 9.17) is 0 Å². The summed E-state index contributed by atoms with van der Waals surface area (Å²) in [7, 11) is 0. The number of para-hydroxylation sites is 1. The van der Waals surface area contributed by atoms with Crippen molar-refractivity contribution in [1.82, 2.24) is 15.1 Å². The highest BCUT2D eigenvalue weighted by atomic mass is 16.2. The lowest BCUT2D eigenvalue weighted by Crippen LogP contribution is -2.47. The lowest BCUT2D eigenvalue weighted by molar-refractivity contribution is -0.142. The van der Waals surface area contributed by atoms with Crippen LogP contribution < -0.4 is 10.2 Å². The van der Waals surface area contributed by atoms with Crippen LogP contribution in [0.25, 0.3) is 0 Å². The Hall–Kier alpha value is -2.41. The summed E-state index contributed by atoms with van der Waals surface area (Å²) in [6.45, 7) is 5.40. The van der Waals surface area contributed by atoms with Gasteiger partial charge in [-0.2, -0.15) is 0 Å². The second-order valence-corrected chi connectivity index (χ2v) is 6.74. The lowest BCUT2D eigenvalue weighted by Gasteiger charge is -2.36. The maximum absolute atomic E-state index is 11.9. The van der Waals surface area contributed by atoms with Gasteiger partial charge in [-0.1, -0.05) is 18.2 Å². The molecule has 7 nitrogen and oxygen atoms in total. The fourth-order valence-electron chi connectivity index (χ4n) is 3.40. The van der Waals surface area contributed by atoms with E-state index in [1.165, 1.54) is 5.69 Å². The van der Waals surface area contributed by atoms with Crippen molar-refractivity contribution < 1.29 is 14.4 Å². The van der Waals surface area contributed by atoms with Crippen molar-refractivity contribution in [2.75, 3.05) is 50.7 Å². The van der Waals surface area contributed by atoms with Crippen LogP contribution in [0.3, 0.4) is 0 Å². The Morgan fingerprint density at radius 2 is 1.62 bits per heavy atom. The molecule has 2 saturated heterocycles. The molecule has 2 heterocycles. The maximum atomic E-state index is 11.9. The zero-order chi connectivity index (χ0) is 18.4. The number of likely N-dealkylation sites (tertiary alicyclic amines) is 1. The van der Waals surface area contributed by atoms with Crippen molar-refractivity contribution in [2.24, 2.45) is 0 Å². The highest BCUT2D eigenvalue weighted by Crippen LogP contribution is 2.15. The number of nitrogens with zero attached hydrogens (tertiary/aromatic N) is 3. The molecule has 1 N–H and O–H groups in total. The number of carbonyl (C=O) groups excluding carboxylic acids is 3. The number of hydrogen-bond acceptors (Lipinski definition) is 5. The van der Waals surface area contributed by atoms with E-state index in [2.05, 4.69) is 39.4 Å². The van der Waals surface area contributed by atoms with Crippen molar-refractivity contribution in [2.45, 2.75) is 19.3 Å². The monoisotopic (exact) mass is 358 g/mol. The van der Waals surface area contributed by atoms with E-state index < -0.39 is 0 Å². The average Bonchev–Trinajstić information content (AvgIpc) is 2.98. The van der Waals surface area contributed by atoms with Crippen LogP contribution in [0.2, 0.25) is 0 Å². The number of rotatable bonds is 7. The fourth-order valence-corrected chi connectivity index (χ4v) is 3.40. The minimum atomic E-state index is -0.262. The number of amides is 3. The smallest absolute Gasteiger partial charge is 0.240 e. The third-order valence-electron chi connectivity index (χ3n) is 4.92. The van der Waals surface area contributed by atoms with Crippen LogP contribution in [0.5, 0.6) is 0 Å². The number of carbonyl (C=O) groups is 3. The molecule has 0 radical (unpaired) electrons. The summed E-state index contributed by atoms with van der Waals surface area (Å²) in [4.78, 5) is 40.7. The SMILES string of the molecule is O=C(CN1C(=O)CCC1=O)NCCCN1CCN(c2ccccc2)CC1. The van der Waals surface area contributed by atoms with Crippen LogP contribution in [0.4, 0.5) is 5.69 Å². The van der Waals surface area contributed by atoms with Crippen molar-refractivity contribution in [3.63, 3.8) is 0 Å². The molecule has 1 aromatic rings. The number of benzene rings is 1. The van der Waals surface area contributed by atoms with Gasteiger partial charge in [0, 0.05) is 51.3 Å². The summed E-state index contributed by atoms with van der Waals surface area (Å²) >= 11 is 0. The van der Waals surface area contributed by atoms with Gasteiger partial charge in [-0.05, 0) is 25.1 Å². The van der Waals surface area contributed by atoms with Crippen LogP contribution in [0.15, 0.2) is 30.3 Å². The predicted molar refractivity (Wildman–Crippen MR) is 98.7 cm³/mol. The molecule has 1 aromatic carbocycles. The van der Waals surface area contributed by atoms with E-state index in [0.29, 0.717) is 6.54 Å². The second kappa shape index (κ2) is 8.80. The number of hydrogen-bond donors (Lipinski definition) is 1. The Balaban J connectivity index is 1.29. The molecule has 140 valence electrons. The van der Waals surface area contributed by atoms with Crippen molar-refractivity contribution in [3.8, 4) is 0 Å². The summed E-state index contributed by atoms with van der Waals surface area (Å²) in [5.41, 5.74) is 1.27. The van der Waals surface area contributed by atoms with Gasteiger partial charge in [0.05, 0.1) is 0 Å². The third-order valence-corrected chi connectivity index (χ3v) is 4.92. The molecule has 2 aliphatic rings. The highest BCUT2D eigenvalue weighted by Gasteiger charge is 2.30. The molecule has 0 atom stereocenters. The summed E-state index contributed by atoms with van der Waals surface area (Å²) in [5, 5.41) is 2.80.